The fourth-order valence-electron chi connectivity index (χ4n) is 2.37. The average Bonchev–Trinajstić information content (AvgIpc) is 2.26. The molecule has 2 rings (SSSR count). The van der Waals surface area contributed by atoms with Crippen LogP contribution in [0.4, 0.5) is 5.69 Å². The molecule has 0 saturated heterocycles. The molecule has 1 nitrogen and oxygen atoms in total. The highest BCUT2D eigenvalue weighted by atomic mass is 14.9. The molecule has 1 aliphatic rings. The van der Waals surface area contributed by atoms with Gasteiger partial charge in [-0.25, -0.2) is 0 Å². The third-order valence-electron chi connectivity index (χ3n) is 3.32. The SMILES string of the molecule is CCCCC1CNc2cc(C)ccc2C1. The largest absolute Gasteiger partial charge is 0.385 e. The van der Waals surface area contributed by atoms with Crippen LogP contribution < -0.4 is 5.32 Å². The molecule has 15 heavy (non-hydrogen) atoms. The van der Waals surface area contributed by atoms with Gasteiger partial charge in [0.25, 0.3) is 0 Å². The van der Waals surface area contributed by atoms with Gasteiger partial charge in [-0.1, -0.05) is 31.9 Å². The first kappa shape index (κ1) is 10.5. The number of benzene rings is 1. The van der Waals surface area contributed by atoms with Crippen molar-refractivity contribution in [3.05, 3.63) is 29.3 Å². The van der Waals surface area contributed by atoms with E-state index in [4.69, 9.17) is 0 Å². The highest BCUT2D eigenvalue weighted by Gasteiger charge is 2.17. The van der Waals surface area contributed by atoms with E-state index in [1.54, 1.807) is 0 Å². The van der Waals surface area contributed by atoms with Crippen molar-refractivity contribution in [2.45, 2.75) is 39.5 Å². The van der Waals surface area contributed by atoms with Crippen molar-refractivity contribution in [1.29, 1.82) is 0 Å². The molecule has 0 bridgehead atoms. The number of hydrogen-bond donors (Lipinski definition) is 1. The molecular weight excluding hydrogens is 182 g/mol. The molecule has 0 amide bonds. The Morgan fingerprint density at radius 3 is 3.07 bits per heavy atom. The zero-order valence-corrected chi connectivity index (χ0v) is 9.84. The molecular formula is C14H21N. The lowest BCUT2D eigenvalue weighted by molar-refractivity contribution is 0.474. The van der Waals surface area contributed by atoms with Gasteiger partial charge in [-0.15, -0.1) is 0 Å². The quantitative estimate of drug-likeness (QED) is 0.788. The summed E-state index contributed by atoms with van der Waals surface area (Å²) in [4.78, 5) is 0. The average molecular weight is 203 g/mol. The van der Waals surface area contributed by atoms with E-state index in [-0.39, 0.29) is 0 Å². The minimum Gasteiger partial charge on any atom is -0.385 e. The van der Waals surface area contributed by atoms with Crippen molar-refractivity contribution in [3.8, 4) is 0 Å². The second kappa shape index (κ2) is 4.69. The lowest BCUT2D eigenvalue weighted by Crippen LogP contribution is -2.23. The Hall–Kier alpha value is -0.980. The van der Waals surface area contributed by atoms with Crippen molar-refractivity contribution in [2.75, 3.05) is 11.9 Å². The Balaban J connectivity index is 2.03. The van der Waals surface area contributed by atoms with Gasteiger partial charge in [-0.3, -0.25) is 0 Å². The molecule has 1 aliphatic heterocycles. The van der Waals surface area contributed by atoms with E-state index in [2.05, 4.69) is 37.4 Å². The lowest BCUT2D eigenvalue weighted by atomic mass is 9.89. The van der Waals surface area contributed by atoms with E-state index in [1.165, 1.54) is 42.5 Å². The summed E-state index contributed by atoms with van der Waals surface area (Å²) in [5, 5.41) is 3.56. The Bertz CT molecular complexity index is 330. The molecule has 0 spiro atoms. The van der Waals surface area contributed by atoms with Gasteiger partial charge in [-0.2, -0.15) is 0 Å². The third-order valence-corrected chi connectivity index (χ3v) is 3.32. The van der Waals surface area contributed by atoms with Crippen molar-refractivity contribution >= 4 is 5.69 Å². The van der Waals surface area contributed by atoms with E-state index in [1.807, 2.05) is 0 Å². The Kier molecular flexibility index (Phi) is 3.30. The number of anilines is 1. The van der Waals surface area contributed by atoms with E-state index in [0.29, 0.717) is 0 Å². The number of fused-ring (bicyclic) bond motifs is 1. The van der Waals surface area contributed by atoms with Gasteiger partial charge in [0.15, 0.2) is 0 Å². The summed E-state index contributed by atoms with van der Waals surface area (Å²) in [5.74, 6) is 0.847. The smallest absolute Gasteiger partial charge is 0.0375 e. The Labute approximate surface area is 92.9 Å². The first-order valence-corrected chi connectivity index (χ1v) is 6.13. The monoisotopic (exact) mass is 203 g/mol. The molecule has 1 heterocycles. The molecule has 82 valence electrons. The van der Waals surface area contributed by atoms with Gasteiger partial charge in [-0.05, 0) is 42.9 Å². The molecule has 0 saturated carbocycles. The highest BCUT2D eigenvalue weighted by molar-refractivity contribution is 5.55. The van der Waals surface area contributed by atoms with Gasteiger partial charge in [0.05, 0.1) is 0 Å². The normalized spacial score (nSPS) is 19.5. The summed E-state index contributed by atoms with van der Waals surface area (Å²) in [6, 6.07) is 6.78. The topological polar surface area (TPSA) is 12.0 Å². The van der Waals surface area contributed by atoms with Crippen LogP contribution in [0.1, 0.15) is 37.3 Å². The maximum Gasteiger partial charge on any atom is 0.0375 e. The molecule has 0 aliphatic carbocycles. The minimum absolute atomic E-state index is 0.847. The van der Waals surface area contributed by atoms with Gasteiger partial charge in [0, 0.05) is 12.2 Å². The second-order valence-corrected chi connectivity index (χ2v) is 4.75. The Morgan fingerprint density at radius 1 is 1.40 bits per heavy atom. The molecule has 1 N–H and O–H groups in total. The number of nitrogens with one attached hydrogen (secondary N) is 1. The van der Waals surface area contributed by atoms with Crippen LogP contribution in [-0.4, -0.2) is 6.54 Å². The van der Waals surface area contributed by atoms with Crippen LogP contribution in [0.2, 0.25) is 0 Å². The van der Waals surface area contributed by atoms with E-state index < -0.39 is 0 Å². The minimum atomic E-state index is 0.847. The van der Waals surface area contributed by atoms with Gasteiger partial charge >= 0.3 is 0 Å². The maximum atomic E-state index is 3.56. The molecule has 1 atom stereocenters. The highest BCUT2D eigenvalue weighted by Crippen LogP contribution is 2.27. The molecule has 1 heteroatoms. The van der Waals surface area contributed by atoms with Crippen molar-refractivity contribution in [3.63, 3.8) is 0 Å². The van der Waals surface area contributed by atoms with Crippen LogP contribution >= 0.6 is 0 Å². The predicted octanol–water partition coefficient (Wildman–Crippen LogP) is 3.77. The number of unbranched alkanes of at least 4 members (excludes halogenated alkanes) is 1. The van der Waals surface area contributed by atoms with Gasteiger partial charge in [0.1, 0.15) is 0 Å². The van der Waals surface area contributed by atoms with Crippen LogP contribution in [0, 0.1) is 12.8 Å². The fourth-order valence-corrected chi connectivity index (χ4v) is 2.37. The van der Waals surface area contributed by atoms with Crippen molar-refractivity contribution in [1.82, 2.24) is 0 Å². The lowest BCUT2D eigenvalue weighted by Gasteiger charge is -2.26. The number of aryl methyl sites for hydroxylation is 1. The van der Waals surface area contributed by atoms with Crippen LogP contribution in [0.3, 0.4) is 0 Å². The molecule has 0 fully saturated rings. The van der Waals surface area contributed by atoms with Gasteiger partial charge < -0.3 is 5.32 Å². The standard InChI is InChI=1S/C14H21N/c1-3-4-5-12-9-13-7-6-11(2)8-14(13)15-10-12/h6-8,12,15H,3-5,9-10H2,1-2H3. The predicted molar refractivity (Wildman–Crippen MR) is 66.4 cm³/mol. The third kappa shape index (κ3) is 2.53. The number of rotatable bonds is 3. The molecule has 0 radical (unpaired) electrons. The van der Waals surface area contributed by atoms with Gasteiger partial charge in [0.2, 0.25) is 0 Å². The second-order valence-electron chi connectivity index (χ2n) is 4.75. The summed E-state index contributed by atoms with van der Waals surface area (Å²) in [6.07, 6.45) is 5.32. The zero-order valence-electron chi connectivity index (χ0n) is 9.84. The van der Waals surface area contributed by atoms with E-state index >= 15 is 0 Å². The molecule has 1 unspecified atom stereocenters. The summed E-state index contributed by atoms with van der Waals surface area (Å²) in [5.41, 5.74) is 4.23. The molecule has 0 aromatic heterocycles. The first-order valence-electron chi connectivity index (χ1n) is 6.13. The molecule has 1 aromatic carbocycles. The summed E-state index contributed by atoms with van der Waals surface area (Å²) in [6.45, 7) is 5.59. The summed E-state index contributed by atoms with van der Waals surface area (Å²) in [7, 11) is 0. The number of hydrogen-bond acceptors (Lipinski definition) is 1. The van der Waals surface area contributed by atoms with Crippen molar-refractivity contribution in [2.24, 2.45) is 5.92 Å². The zero-order chi connectivity index (χ0) is 10.7. The van der Waals surface area contributed by atoms with Crippen molar-refractivity contribution < 1.29 is 0 Å². The van der Waals surface area contributed by atoms with Crippen LogP contribution in [-0.2, 0) is 6.42 Å². The summed E-state index contributed by atoms with van der Waals surface area (Å²) >= 11 is 0. The maximum absolute atomic E-state index is 3.56. The molecule has 1 aromatic rings. The van der Waals surface area contributed by atoms with E-state index in [0.717, 1.165) is 12.5 Å². The fraction of sp³-hybridized carbons (Fsp3) is 0.571. The first-order chi connectivity index (χ1) is 7.29. The van der Waals surface area contributed by atoms with E-state index in [9.17, 15) is 0 Å². The van der Waals surface area contributed by atoms with Crippen LogP contribution in [0.5, 0.6) is 0 Å². The van der Waals surface area contributed by atoms with Crippen LogP contribution in [0.15, 0.2) is 18.2 Å². The van der Waals surface area contributed by atoms with Crippen LogP contribution in [0.25, 0.3) is 0 Å². The Morgan fingerprint density at radius 2 is 2.27 bits per heavy atom. The summed E-state index contributed by atoms with van der Waals surface area (Å²) < 4.78 is 0.